The third-order valence-corrected chi connectivity index (χ3v) is 5.63. The summed E-state index contributed by atoms with van der Waals surface area (Å²) in [6.07, 6.45) is 0.0989. The smallest absolute Gasteiger partial charge is 0.416 e. The van der Waals surface area contributed by atoms with Crippen LogP contribution >= 0.6 is 0 Å². The summed E-state index contributed by atoms with van der Waals surface area (Å²) in [7, 11) is 0. The molecule has 0 radical (unpaired) electrons. The zero-order valence-corrected chi connectivity index (χ0v) is 18.8. The van der Waals surface area contributed by atoms with Gasteiger partial charge in [-0.3, -0.25) is 19.6 Å². The predicted molar refractivity (Wildman–Crippen MR) is 121 cm³/mol. The molecule has 2 N–H and O–H groups in total. The largest absolute Gasteiger partial charge is 0.464 e. The van der Waals surface area contributed by atoms with Gasteiger partial charge >= 0.3 is 18.2 Å². The van der Waals surface area contributed by atoms with Gasteiger partial charge in [-0.25, -0.2) is 14.4 Å². The van der Waals surface area contributed by atoms with Crippen molar-refractivity contribution in [2.45, 2.75) is 32.8 Å². The van der Waals surface area contributed by atoms with Crippen molar-refractivity contribution < 1.29 is 29.0 Å². The molecular weight excluding hydrogens is 430 g/mol. The zero-order chi connectivity index (χ0) is 23.9. The van der Waals surface area contributed by atoms with Crippen LogP contribution in [0.1, 0.15) is 27.2 Å². The number of carbonyl (C=O) groups is 4. The van der Waals surface area contributed by atoms with Crippen molar-refractivity contribution in [1.29, 1.82) is 0 Å². The molecule has 11 nitrogen and oxygen atoms in total. The van der Waals surface area contributed by atoms with E-state index in [9.17, 15) is 24.3 Å². The molecule has 11 heteroatoms. The van der Waals surface area contributed by atoms with Crippen LogP contribution in [0.4, 0.5) is 25.8 Å². The first kappa shape index (κ1) is 22.4. The number of piperazine rings is 1. The van der Waals surface area contributed by atoms with Gasteiger partial charge < -0.3 is 19.6 Å². The molecule has 1 aromatic heterocycles. The molecule has 0 bridgehead atoms. The van der Waals surface area contributed by atoms with Crippen LogP contribution in [0.5, 0.6) is 0 Å². The molecule has 0 saturated carbocycles. The van der Waals surface area contributed by atoms with Crippen LogP contribution in [0.25, 0.3) is 10.9 Å². The molecule has 2 aliphatic heterocycles. The van der Waals surface area contributed by atoms with E-state index in [-0.39, 0.29) is 25.0 Å². The number of urea groups is 1. The van der Waals surface area contributed by atoms with Gasteiger partial charge in [-0.15, -0.1) is 0 Å². The highest BCUT2D eigenvalue weighted by molar-refractivity contribution is 6.12. The zero-order valence-electron chi connectivity index (χ0n) is 18.8. The lowest BCUT2D eigenvalue weighted by molar-refractivity contribution is -0.120. The number of fused-ring (bicyclic) bond motifs is 1. The summed E-state index contributed by atoms with van der Waals surface area (Å²) in [6, 6.07) is 4.67. The highest BCUT2D eigenvalue weighted by Crippen LogP contribution is 2.36. The number of hydrogen-bond donors (Lipinski definition) is 2. The first-order valence-corrected chi connectivity index (χ1v) is 10.8. The summed E-state index contributed by atoms with van der Waals surface area (Å²) < 4.78 is 6.57. The molecule has 176 valence electrons. The van der Waals surface area contributed by atoms with Gasteiger partial charge in [0.25, 0.3) is 0 Å². The van der Waals surface area contributed by atoms with Crippen LogP contribution in [0, 0.1) is 0 Å². The number of amides is 4. The molecule has 33 heavy (non-hydrogen) atoms. The monoisotopic (exact) mass is 457 g/mol. The maximum absolute atomic E-state index is 12.4. The summed E-state index contributed by atoms with van der Waals surface area (Å²) in [5.74, 6) is -0.338. The van der Waals surface area contributed by atoms with Crippen LogP contribution in [0.3, 0.4) is 0 Å². The third kappa shape index (κ3) is 4.43. The van der Waals surface area contributed by atoms with Crippen molar-refractivity contribution in [1.82, 2.24) is 14.8 Å². The Kier molecular flexibility index (Phi) is 5.64. The number of carbonyl (C=O) groups excluding carboxylic acids is 3. The Hall–Kier alpha value is -3.76. The van der Waals surface area contributed by atoms with E-state index in [1.165, 1.54) is 11.1 Å². The highest BCUT2D eigenvalue weighted by Gasteiger charge is 2.30. The number of nitrogens with one attached hydrogen (secondary N) is 1. The lowest BCUT2D eigenvalue weighted by Crippen LogP contribution is -2.50. The molecule has 0 atom stereocenters. The second-order valence-corrected chi connectivity index (χ2v) is 9.04. The number of rotatable bonds is 2. The highest BCUT2D eigenvalue weighted by atomic mass is 16.6. The Balaban J connectivity index is 1.63. The van der Waals surface area contributed by atoms with E-state index in [1.54, 1.807) is 23.1 Å². The van der Waals surface area contributed by atoms with Crippen molar-refractivity contribution >= 4 is 46.4 Å². The summed E-state index contributed by atoms with van der Waals surface area (Å²) in [5, 5.41) is 12.6. The number of anilines is 2. The van der Waals surface area contributed by atoms with E-state index in [0.29, 0.717) is 48.5 Å². The summed E-state index contributed by atoms with van der Waals surface area (Å²) >= 11 is 0. The summed E-state index contributed by atoms with van der Waals surface area (Å²) in [6.45, 7) is 7.53. The summed E-state index contributed by atoms with van der Waals surface area (Å²) in [5.41, 5.74) is 1.10. The van der Waals surface area contributed by atoms with Gasteiger partial charge in [-0.2, -0.15) is 0 Å². The van der Waals surface area contributed by atoms with Crippen molar-refractivity contribution in [2.24, 2.45) is 0 Å². The van der Waals surface area contributed by atoms with E-state index in [1.807, 2.05) is 25.7 Å². The van der Waals surface area contributed by atoms with Crippen LogP contribution in [0.2, 0.25) is 0 Å². The fourth-order valence-electron chi connectivity index (χ4n) is 4.13. The number of aromatic nitrogens is 1. The van der Waals surface area contributed by atoms with Gasteiger partial charge in [0.05, 0.1) is 16.9 Å². The fourth-order valence-corrected chi connectivity index (χ4v) is 4.13. The van der Waals surface area contributed by atoms with E-state index < -0.39 is 17.7 Å². The molecule has 2 aromatic rings. The molecule has 0 aliphatic carbocycles. The second-order valence-electron chi connectivity index (χ2n) is 9.04. The minimum absolute atomic E-state index is 0.168. The molecule has 1 aromatic carbocycles. The van der Waals surface area contributed by atoms with E-state index in [2.05, 4.69) is 5.32 Å². The maximum atomic E-state index is 12.4. The Bertz CT molecular complexity index is 1130. The Morgan fingerprint density at radius 3 is 2.27 bits per heavy atom. The number of hydrogen-bond acceptors (Lipinski definition) is 6. The molecule has 4 amide bonds. The van der Waals surface area contributed by atoms with Crippen molar-refractivity contribution in [2.75, 3.05) is 42.5 Å². The molecular formula is C22H27N5O6. The predicted octanol–water partition coefficient (Wildman–Crippen LogP) is 2.67. The van der Waals surface area contributed by atoms with E-state index in [4.69, 9.17) is 4.74 Å². The summed E-state index contributed by atoms with van der Waals surface area (Å²) in [4.78, 5) is 53.3. The molecule has 0 spiro atoms. The van der Waals surface area contributed by atoms with Gasteiger partial charge in [0.15, 0.2) is 0 Å². The number of imide groups is 1. The topological polar surface area (TPSA) is 124 Å². The van der Waals surface area contributed by atoms with Crippen LogP contribution in [0.15, 0.2) is 24.4 Å². The average molecular weight is 457 g/mol. The Morgan fingerprint density at radius 1 is 1.00 bits per heavy atom. The van der Waals surface area contributed by atoms with Gasteiger partial charge in [-0.05, 0) is 39.0 Å². The minimum atomic E-state index is -1.14. The fraction of sp³-hybridized carbons (Fsp3) is 0.455. The van der Waals surface area contributed by atoms with Crippen LogP contribution in [-0.2, 0) is 9.53 Å². The SMILES string of the molecule is CC(C)(C)OC(=O)N1CCN(c2ccc(N3CCC(=O)NC3=O)c3ccn(C(=O)O)c23)CC1. The average Bonchev–Trinajstić information content (AvgIpc) is 3.18. The molecule has 0 unspecified atom stereocenters. The molecule has 2 fully saturated rings. The van der Waals surface area contributed by atoms with Crippen molar-refractivity contribution in [3.8, 4) is 0 Å². The molecule has 2 aliphatic rings. The lowest BCUT2D eigenvalue weighted by atomic mass is 10.1. The van der Waals surface area contributed by atoms with Crippen molar-refractivity contribution in [3.05, 3.63) is 24.4 Å². The van der Waals surface area contributed by atoms with Gasteiger partial charge in [0.2, 0.25) is 5.91 Å². The van der Waals surface area contributed by atoms with Crippen LogP contribution in [-0.4, -0.2) is 77.0 Å². The molecule has 3 heterocycles. The maximum Gasteiger partial charge on any atom is 0.416 e. The van der Waals surface area contributed by atoms with Crippen molar-refractivity contribution in [3.63, 3.8) is 0 Å². The third-order valence-electron chi connectivity index (χ3n) is 5.63. The van der Waals surface area contributed by atoms with E-state index in [0.717, 1.165) is 4.57 Å². The quantitative estimate of drug-likeness (QED) is 0.710. The standard InChI is InChI=1S/C22H27N5O6/c1-22(2,3)33-21(32)25-12-10-24(11-13-25)16-5-4-15(26-9-7-17(28)23-19(26)29)14-6-8-27(18(14)16)20(30)31/h4-6,8H,7,9-13H2,1-3H3,(H,30,31)(H,23,28,29). The molecule has 4 rings (SSSR count). The van der Waals surface area contributed by atoms with Crippen LogP contribution < -0.4 is 15.1 Å². The van der Waals surface area contributed by atoms with Gasteiger partial charge in [0.1, 0.15) is 5.60 Å². The number of benzene rings is 1. The Labute approximate surface area is 190 Å². The van der Waals surface area contributed by atoms with Gasteiger partial charge in [-0.1, -0.05) is 0 Å². The second kappa shape index (κ2) is 8.30. The number of nitrogens with zero attached hydrogens (tertiary/aromatic N) is 4. The first-order valence-electron chi connectivity index (χ1n) is 10.8. The Morgan fingerprint density at radius 2 is 1.67 bits per heavy atom. The number of ether oxygens (including phenoxy) is 1. The number of carboxylic acid groups (broad SMARTS) is 1. The normalized spacial score (nSPS) is 17.4. The minimum Gasteiger partial charge on any atom is -0.464 e. The van der Waals surface area contributed by atoms with Gasteiger partial charge in [0, 0.05) is 50.7 Å². The first-order chi connectivity index (χ1) is 15.5. The van der Waals surface area contributed by atoms with E-state index >= 15 is 0 Å². The molecule has 2 saturated heterocycles. The lowest BCUT2D eigenvalue weighted by Gasteiger charge is -2.37.